The molecule has 0 radical (unpaired) electrons. The minimum Gasteiger partial charge on any atom is -0.495 e. The van der Waals surface area contributed by atoms with Crippen LogP contribution in [0, 0.1) is 6.92 Å². The largest absolute Gasteiger partial charge is 0.495 e. The van der Waals surface area contributed by atoms with Gasteiger partial charge in [-0.2, -0.15) is 0 Å². The summed E-state index contributed by atoms with van der Waals surface area (Å²) in [6.45, 7) is 3.65. The van der Waals surface area contributed by atoms with Gasteiger partial charge in [0.25, 0.3) is 0 Å². The molecule has 0 aliphatic carbocycles. The van der Waals surface area contributed by atoms with Crippen LogP contribution in [0.2, 0.25) is 0 Å². The summed E-state index contributed by atoms with van der Waals surface area (Å²) in [4.78, 5) is 50.7. The molecule has 4 amide bonds. The average molecular weight is 498 g/mol. The maximum absolute atomic E-state index is 12.9. The Balaban J connectivity index is 1.56. The number of aliphatic carboxylic acids is 1. The second-order valence-electron chi connectivity index (χ2n) is 8.42. The third kappa shape index (κ3) is 7.19. The molecule has 1 saturated heterocycles. The predicted molar refractivity (Wildman–Crippen MR) is 134 cm³/mol. The molecular formula is C25H31N5O6. The average Bonchev–Trinajstić information content (AvgIpc) is 2.86. The number of para-hydroxylation sites is 1. The number of carboxylic acids is 1. The fraction of sp³-hybridized carbons (Fsp3) is 0.360. The number of nitrogens with zero attached hydrogens (tertiary/aromatic N) is 2. The normalized spacial score (nSPS) is 14.4. The topological polar surface area (TPSA) is 140 Å². The van der Waals surface area contributed by atoms with Crippen LogP contribution < -0.4 is 20.7 Å². The summed E-state index contributed by atoms with van der Waals surface area (Å²) in [5, 5.41) is 17.2. The molecule has 0 spiro atoms. The van der Waals surface area contributed by atoms with Crippen LogP contribution in [0.25, 0.3) is 0 Å². The summed E-state index contributed by atoms with van der Waals surface area (Å²) in [5.41, 5.74) is 2.84. The Bertz CT molecular complexity index is 1100. The molecule has 0 aromatic heterocycles. The lowest BCUT2D eigenvalue weighted by atomic mass is 10.1. The fourth-order valence-electron chi connectivity index (χ4n) is 4.04. The monoisotopic (exact) mass is 497 g/mol. The molecule has 2 aromatic rings. The number of carboxylic acid groups (broad SMARTS) is 1. The van der Waals surface area contributed by atoms with E-state index < -0.39 is 18.2 Å². The molecule has 4 N–H and O–H groups in total. The second-order valence-corrected chi connectivity index (χ2v) is 8.42. The summed E-state index contributed by atoms with van der Waals surface area (Å²) in [7, 11) is 1.49. The van der Waals surface area contributed by atoms with E-state index in [0.29, 0.717) is 49.7 Å². The number of piperazine rings is 1. The zero-order valence-corrected chi connectivity index (χ0v) is 20.3. The van der Waals surface area contributed by atoms with Crippen molar-refractivity contribution in [3.63, 3.8) is 0 Å². The number of rotatable bonds is 10. The molecule has 2 aromatic carbocycles. The van der Waals surface area contributed by atoms with Gasteiger partial charge in [0.2, 0.25) is 12.3 Å². The molecule has 36 heavy (non-hydrogen) atoms. The van der Waals surface area contributed by atoms with E-state index in [9.17, 15) is 19.2 Å². The number of anilines is 2. The Morgan fingerprint density at radius 1 is 1.06 bits per heavy atom. The number of ether oxygens (including phenoxy) is 1. The zero-order chi connectivity index (χ0) is 26.1. The first kappa shape index (κ1) is 26.5. The first-order valence-corrected chi connectivity index (χ1v) is 11.5. The van der Waals surface area contributed by atoms with E-state index in [2.05, 4.69) is 16.0 Å². The maximum atomic E-state index is 12.9. The van der Waals surface area contributed by atoms with Crippen LogP contribution in [-0.4, -0.2) is 78.7 Å². The van der Waals surface area contributed by atoms with Gasteiger partial charge in [-0.1, -0.05) is 24.3 Å². The molecule has 0 saturated carbocycles. The minimum atomic E-state index is -1.01. The highest BCUT2D eigenvalue weighted by molar-refractivity contribution is 6.01. The van der Waals surface area contributed by atoms with Gasteiger partial charge in [-0.05, 0) is 36.2 Å². The van der Waals surface area contributed by atoms with E-state index in [0.717, 1.165) is 11.1 Å². The van der Waals surface area contributed by atoms with Gasteiger partial charge >= 0.3 is 12.0 Å². The van der Waals surface area contributed by atoms with Gasteiger partial charge in [-0.15, -0.1) is 0 Å². The van der Waals surface area contributed by atoms with E-state index in [1.54, 1.807) is 23.1 Å². The molecule has 1 aliphatic rings. The number of nitrogens with one attached hydrogen (secondary N) is 3. The van der Waals surface area contributed by atoms with Crippen LogP contribution in [0.3, 0.4) is 0 Å². The zero-order valence-electron chi connectivity index (χ0n) is 20.3. The highest BCUT2D eigenvalue weighted by Gasteiger charge is 2.27. The number of urea groups is 1. The summed E-state index contributed by atoms with van der Waals surface area (Å²) >= 11 is 0. The summed E-state index contributed by atoms with van der Waals surface area (Å²) < 4.78 is 5.43. The van der Waals surface area contributed by atoms with Crippen LogP contribution in [0.4, 0.5) is 16.2 Å². The SMILES string of the molecule is COc1cc(CC(=O)N2CCN(C(CC(=O)O)NC=O)CC2)ccc1NC(=O)Nc1ccccc1C. The lowest BCUT2D eigenvalue weighted by Crippen LogP contribution is -2.56. The van der Waals surface area contributed by atoms with Crippen LogP contribution in [0.15, 0.2) is 42.5 Å². The molecule has 11 heteroatoms. The van der Waals surface area contributed by atoms with Gasteiger partial charge < -0.3 is 30.7 Å². The lowest BCUT2D eigenvalue weighted by molar-refractivity contribution is -0.140. The van der Waals surface area contributed by atoms with Crippen molar-refractivity contribution in [2.45, 2.75) is 25.9 Å². The first-order valence-electron chi connectivity index (χ1n) is 11.5. The Hall–Kier alpha value is -4.12. The number of hydrogen-bond donors (Lipinski definition) is 4. The van der Waals surface area contributed by atoms with Gasteiger partial charge in [-0.3, -0.25) is 19.3 Å². The van der Waals surface area contributed by atoms with Crippen LogP contribution in [0.5, 0.6) is 5.75 Å². The van der Waals surface area contributed by atoms with Crippen LogP contribution in [-0.2, 0) is 20.8 Å². The van der Waals surface area contributed by atoms with Crippen molar-refractivity contribution in [2.24, 2.45) is 0 Å². The predicted octanol–water partition coefficient (Wildman–Crippen LogP) is 1.88. The Morgan fingerprint density at radius 2 is 1.75 bits per heavy atom. The number of amides is 4. The number of aryl methyl sites for hydroxylation is 1. The molecule has 11 nitrogen and oxygen atoms in total. The summed E-state index contributed by atoms with van der Waals surface area (Å²) in [6.07, 6.45) is -0.180. The van der Waals surface area contributed by atoms with Crippen molar-refractivity contribution in [2.75, 3.05) is 43.9 Å². The van der Waals surface area contributed by atoms with E-state index in [1.807, 2.05) is 36.1 Å². The number of benzene rings is 2. The fourth-order valence-corrected chi connectivity index (χ4v) is 4.04. The Morgan fingerprint density at radius 3 is 2.39 bits per heavy atom. The van der Waals surface area contributed by atoms with Crippen molar-refractivity contribution in [3.8, 4) is 5.75 Å². The third-order valence-corrected chi connectivity index (χ3v) is 6.00. The van der Waals surface area contributed by atoms with Gasteiger partial charge in [0.1, 0.15) is 5.75 Å². The number of carbonyl (C=O) groups is 4. The van der Waals surface area contributed by atoms with Crippen LogP contribution in [0.1, 0.15) is 17.5 Å². The molecule has 1 fully saturated rings. The lowest BCUT2D eigenvalue weighted by Gasteiger charge is -2.38. The molecule has 192 valence electrons. The van der Waals surface area contributed by atoms with E-state index >= 15 is 0 Å². The standard InChI is InChI=1S/C25H31N5O6/c1-17-5-3-4-6-19(17)27-25(35)28-20-8-7-18(13-21(20)36-2)14-23(32)30-11-9-29(10-12-30)22(26-16-31)15-24(33)34/h3-8,13,16,22H,9-12,14-15H2,1-2H3,(H,26,31)(H,33,34)(H2,27,28,35). The first-order chi connectivity index (χ1) is 17.3. The van der Waals surface area contributed by atoms with Crippen molar-refractivity contribution in [1.29, 1.82) is 0 Å². The van der Waals surface area contributed by atoms with Gasteiger partial charge in [0, 0.05) is 31.9 Å². The molecule has 0 bridgehead atoms. The van der Waals surface area contributed by atoms with Crippen LogP contribution >= 0.6 is 0 Å². The van der Waals surface area contributed by atoms with E-state index in [1.165, 1.54) is 7.11 Å². The van der Waals surface area contributed by atoms with E-state index in [-0.39, 0.29) is 18.7 Å². The third-order valence-electron chi connectivity index (χ3n) is 6.00. The van der Waals surface area contributed by atoms with Gasteiger partial charge in [0.15, 0.2) is 0 Å². The second kappa shape index (κ2) is 12.5. The number of methoxy groups -OCH3 is 1. The summed E-state index contributed by atoms with van der Waals surface area (Å²) in [6, 6.07) is 12.2. The van der Waals surface area contributed by atoms with Crippen molar-refractivity contribution in [3.05, 3.63) is 53.6 Å². The number of hydrogen-bond acceptors (Lipinski definition) is 6. The summed E-state index contributed by atoms with van der Waals surface area (Å²) in [5.74, 6) is -0.651. The van der Waals surface area contributed by atoms with Gasteiger partial charge in [0.05, 0.1) is 31.8 Å². The molecule has 1 aliphatic heterocycles. The minimum absolute atomic E-state index is 0.0761. The van der Waals surface area contributed by atoms with Gasteiger partial charge in [-0.25, -0.2) is 4.79 Å². The molecule has 3 rings (SSSR count). The molecule has 1 unspecified atom stereocenters. The Labute approximate surface area is 209 Å². The van der Waals surface area contributed by atoms with E-state index in [4.69, 9.17) is 9.84 Å². The van der Waals surface area contributed by atoms with Crippen molar-refractivity contribution in [1.82, 2.24) is 15.1 Å². The smallest absolute Gasteiger partial charge is 0.323 e. The highest BCUT2D eigenvalue weighted by Crippen LogP contribution is 2.26. The maximum Gasteiger partial charge on any atom is 0.323 e. The molecule has 1 atom stereocenters. The Kier molecular flexibility index (Phi) is 9.23. The molecule has 1 heterocycles. The highest BCUT2D eigenvalue weighted by atomic mass is 16.5. The van der Waals surface area contributed by atoms with Crippen molar-refractivity contribution < 1.29 is 29.0 Å². The number of carbonyl (C=O) groups excluding carboxylic acids is 3. The molecular weight excluding hydrogens is 466 g/mol. The quantitative estimate of drug-likeness (QED) is 0.368. The van der Waals surface area contributed by atoms with Crippen molar-refractivity contribution >= 4 is 35.7 Å².